The van der Waals surface area contributed by atoms with Crippen LogP contribution in [0, 0.1) is 10.1 Å². The van der Waals surface area contributed by atoms with Crippen molar-refractivity contribution < 1.29 is 24.0 Å². The minimum Gasteiger partial charge on any atom is -0.454 e. The molecule has 0 aliphatic rings. The van der Waals surface area contributed by atoms with Gasteiger partial charge in [0.15, 0.2) is 6.61 Å². The molecule has 10 heteroatoms. The van der Waals surface area contributed by atoms with Crippen molar-refractivity contribution in [3.63, 3.8) is 0 Å². The van der Waals surface area contributed by atoms with Gasteiger partial charge in [-0.2, -0.15) is 0 Å². The molecule has 0 saturated heterocycles. The monoisotopic (exact) mass is 405 g/mol. The SMILES string of the molecule is C[C@H](NC(=O)c1ccccc1)C(=O)OCC(=O)Nc1cc(Cl)ccc1[N+](=O)[O-]. The lowest BCUT2D eigenvalue weighted by Crippen LogP contribution is -2.40. The van der Waals surface area contributed by atoms with Crippen LogP contribution in [0.4, 0.5) is 11.4 Å². The topological polar surface area (TPSA) is 128 Å². The molecule has 0 heterocycles. The summed E-state index contributed by atoms with van der Waals surface area (Å²) < 4.78 is 4.84. The van der Waals surface area contributed by atoms with Gasteiger partial charge in [0.1, 0.15) is 11.7 Å². The van der Waals surface area contributed by atoms with Gasteiger partial charge < -0.3 is 15.4 Å². The lowest BCUT2D eigenvalue weighted by Gasteiger charge is -2.13. The maximum Gasteiger partial charge on any atom is 0.328 e. The Hall–Kier alpha value is -3.46. The Morgan fingerprint density at radius 1 is 1.18 bits per heavy atom. The highest BCUT2D eigenvalue weighted by molar-refractivity contribution is 6.31. The van der Waals surface area contributed by atoms with E-state index in [1.165, 1.54) is 19.1 Å². The first-order valence-electron chi connectivity index (χ1n) is 8.04. The molecule has 2 rings (SSSR count). The number of nitrogens with zero attached hydrogens (tertiary/aromatic N) is 1. The molecule has 2 amide bonds. The van der Waals surface area contributed by atoms with E-state index in [0.29, 0.717) is 5.56 Å². The highest BCUT2D eigenvalue weighted by Crippen LogP contribution is 2.27. The normalized spacial score (nSPS) is 11.2. The molecule has 0 saturated carbocycles. The largest absolute Gasteiger partial charge is 0.454 e. The summed E-state index contributed by atoms with van der Waals surface area (Å²) in [6.07, 6.45) is 0. The number of rotatable bonds is 7. The van der Waals surface area contributed by atoms with Crippen molar-refractivity contribution >= 4 is 40.8 Å². The number of ether oxygens (including phenoxy) is 1. The van der Waals surface area contributed by atoms with Crippen LogP contribution in [0.15, 0.2) is 48.5 Å². The Kier molecular flexibility index (Phi) is 7.05. The molecule has 0 aliphatic carbocycles. The van der Waals surface area contributed by atoms with Gasteiger partial charge in [-0.25, -0.2) is 4.79 Å². The third-order valence-electron chi connectivity index (χ3n) is 3.51. The first-order chi connectivity index (χ1) is 13.3. The second-order valence-corrected chi connectivity index (χ2v) is 6.07. The van der Waals surface area contributed by atoms with E-state index in [0.717, 1.165) is 6.07 Å². The highest BCUT2D eigenvalue weighted by Gasteiger charge is 2.20. The third kappa shape index (κ3) is 5.78. The molecule has 0 aliphatic heterocycles. The van der Waals surface area contributed by atoms with Crippen molar-refractivity contribution in [3.8, 4) is 0 Å². The van der Waals surface area contributed by atoms with Crippen LogP contribution in [0.25, 0.3) is 0 Å². The van der Waals surface area contributed by atoms with Crippen LogP contribution in [-0.2, 0) is 14.3 Å². The number of benzene rings is 2. The van der Waals surface area contributed by atoms with Gasteiger partial charge in [-0.3, -0.25) is 19.7 Å². The van der Waals surface area contributed by atoms with Crippen LogP contribution in [0.2, 0.25) is 5.02 Å². The van der Waals surface area contributed by atoms with Crippen molar-refractivity contribution in [2.45, 2.75) is 13.0 Å². The van der Waals surface area contributed by atoms with Crippen LogP contribution < -0.4 is 10.6 Å². The lowest BCUT2D eigenvalue weighted by molar-refractivity contribution is -0.383. The van der Waals surface area contributed by atoms with Gasteiger partial charge >= 0.3 is 5.97 Å². The molecule has 9 nitrogen and oxygen atoms in total. The van der Waals surface area contributed by atoms with Crippen molar-refractivity contribution in [2.24, 2.45) is 0 Å². The summed E-state index contributed by atoms with van der Waals surface area (Å²) >= 11 is 5.77. The predicted octanol–water partition coefficient (Wildman–Crippen LogP) is 2.55. The van der Waals surface area contributed by atoms with Crippen molar-refractivity contribution in [1.82, 2.24) is 5.32 Å². The zero-order chi connectivity index (χ0) is 20.7. The first-order valence-corrected chi connectivity index (χ1v) is 8.42. The number of anilines is 1. The quantitative estimate of drug-likeness (QED) is 0.414. The number of hydrogen-bond acceptors (Lipinski definition) is 6. The van der Waals surface area contributed by atoms with E-state index >= 15 is 0 Å². The van der Waals surface area contributed by atoms with E-state index in [2.05, 4.69) is 10.6 Å². The summed E-state index contributed by atoms with van der Waals surface area (Å²) in [5.41, 5.74) is -0.107. The lowest BCUT2D eigenvalue weighted by atomic mass is 10.2. The average Bonchev–Trinajstić information content (AvgIpc) is 2.66. The molecule has 0 radical (unpaired) electrons. The van der Waals surface area contributed by atoms with Gasteiger partial charge in [0.2, 0.25) is 0 Å². The van der Waals surface area contributed by atoms with Gasteiger partial charge in [0, 0.05) is 16.7 Å². The van der Waals surface area contributed by atoms with Crippen LogP contribution in [0.3, 0.4) is 0 Å². The number of esters is 1. The molecule has 2 N–H and O–H groups in total. The summed E-state index contributed by atoms with van der Waals surface area (Å²) in [6, 6.07) is 10.9. The molecule has 1 atom stereocenters. The molecule has 2 aromatic carbocycles. The molecule has 0 spiro atoms. The minimum atomic E-state index is -0.999. The fourth-order valence-electron chi connectivity index (χ4n) is 2.14. The zero-order valence-corrected chi connectivity index (χ0v) is 15.4. The smallest absolute Gasteiger partial charge is 0.328 e. The van der Waals surface area contributed by atoms with Crippen molar-refractivity contribution in [2.75, 3.05) is 11.9 Å². The minimum absolute atomic E-state index is 0.121. The van der Waals surface area contributed by atoms with Gasteiger partial charge in [-0.15, -0.1) is 0 Å². The Bertz CT molecular complexity index is 903. The van der Waals surface area contributed by atoms with Gasteiger partial charge in [0.25, 0.3) is 17.5 Å². The molecule has 0 fully saturated rings. The first kappa shape index (κ1) is 20.8. The number of hydrogen-bond donors (Lipinski definition) is 2. The van der Waals surface area contributed by atoms with Gasteiger partial charge in [-0.05, 0) is 31.2 Å². The van der Waals surface area contributed by atoms with E-state index in [4.69, 9.17) is 16.3 Å². The van der Waals surface area contributed by atoms with E-state index in [-0.39, 0.29) is 16.4 Å². The van der Waals surface area contributed by atoms with Crippen molar-refractivity contribution in [1.29, 1.82) is 0 Å². The van der Waals surface area contributed by atoms with Gasteiger partial charge in [0.05, 0.1) is 4.92 Å². The number of nitrogens with one attached hydrogen (secondary N) is 2. The molecule has 0 aromatic heterocycles. The predicted molar refractivity (Wildman–Crippen MR) is 101 cm³/mol. The maximum absolute atomic E-state index is 12.0. The average molecular weight is 406 g/mol. The number of nitro benzene ring substituents is 1. The zero-order valence-electron chi connectivity index (χ0n) is 14.7. The maximum atomic E-state index is 12.0. The second-order valence-electron chi connectivity index (χ2n) is 5.64. The molecule has 146 valence electrons. The van der Waals surface area contributed by atoms with E-state index in [1.54, 1.807) is 30.3 Å². The summed E-state index contributed by atoms with van der Waals surface area (Å²) in [7, 11) is 0. The highest BCUT2D eigenvalue weighted by atomic mass is 35.5. The molecular weight excluding hydrogens is 390 g/mol. The fourth-order valence-corrected chi connectivity index (χ4v) is 2.32. The van der Waals surface area contributed by atoms with Crippen LogP contribution >= 0.6 is 11.6 Å². The Balaban J connectivity index is 1.88. The number of nitro groups is 1. The number of amides is 2. The Morgan fingerprint density at radius 2 is 1.86 bits per heavy atom. The summed E-state index contributed by atoms with van der Waals surface area (Å²) in [4.78, 5) is 46.2. The summed E-state index contributed by atoms with van der Waals surface area (Å²) in [5, 5.41) is 15.9. The Morgan fingerprint density at radius 3 is 2.50 bits per heavy atom. The number of carbonyl (C=O) groups excluding carboxylic acids is 3. The number of carbonyl (C=O) groups is 3. The van der Waals surface area contributed by atoms with E-state index in [1.807, 2.05) is 0 Å². The standard InChI is InChI=1S/C18H16ClN3O6/c1-11(20-17(24)12-5-3-2-4-6-12)18(25)28-10-16(23)21-14-9-13(19)7-8-15(14)22(26)27/h2-9,11H,10H2,1H3,(H,20,24)(H,21,23)/t11-/m0/s1. The van der Waals surface area contributed by atoms with Crippen LogP contribution in [0.1, 0.15) is 17.3 Å². The Labute approximate surface area is 164 Å². The summed E-state index contributed by atoms with van der Waals surface area (Å²) in [5.74, 6) is -2.09. The van der Waals surface area contributed by atoms with E-state index < -0.39 is 35.4 Å². The van der Waals surface area contributed by atoms with Crippen LogP contribution in [0.5, 0.6) is 0 Å². The molecule has 2 aromatic rings. The third-order valence-corrected chi connectivity index (χ3v) is 3.75. The molecule has 0 unspecified atom stereocenters. The molecular formula is C18H16ClN3O6. The van der Waals surface area contributed by atoms with Crippen molar-refractivity contribution in [3.05, 3.63) is 69.2 Å². The second kappa shape index (κ2) is 9.47. The number of halogens is 1. The fraction of sp³-hybridized carbons (Fsp3) is 0.167. The van der Waals surface area contributed by atoms with Crippen LogP contribution in [-0.4, -0.2) is 35.4 Å². The van der Waals surface area contributed by atoms with Gasteiger partial charge in [-0.1, -0.05) is 29.8 Å². The molecule has 0 bridgehead atoms. The summed E-state index contributed by atoms with van der Waals surface area (Å²) in [6.45, 7) is 0.719. The van der Waals surface area contributed by atoms with E-state index in [9.17, 15) is 24.5 Å². The molecule has 28 heavy (non-hydrogen) atoms.